The van der Waals surface area contributed by atoms with Crippen molar-refractivity contribution in [3.8, 4) is 11.3 Å². The number of piperazine rings is 1. The lowest BCUT2D eigenvalue weighted by Gasteiger charge is -2.33. The van der Waals surface area contributed by atoms with Crippen LogP contribution < -0.4 is 21.2 Å². The van der Waals surface area contributed by atoms with Crippen LogP contribution in [0, 0.1) is 0 Å². The second kappa shape index (κ2) is 12.1. The van der Waals surface area contributed by atoms with Crippen LogP contribution in [0.15, 0.2) is 49.8 Å². The van der Waals surface area contributed by atoms with Crippen molar-refractivity contribution in [3.63, 3.8) is 0 Å². The summed E-state index contributed by atoms with van der Waals surface area (Å²) in [6.45, 7) is 2.36. The Morgan fingerprint density at radius 3 is 2.59 bits per heavy atom. The van der Waals surface area contributed by atoms with Gasteiger partial charge in [0.25, 0.3) is 11.5 Å². The molecule has 1 aliphatic heterocycles. The van der Waals surface area contributed by atoms with Gasteiger partial charge in [-0.3, -0.25) is 14.4 Å². The van der Waals surface area contributed by atoms with E-state index in [1.165, 1.54) is 17.4 Å². The Hall–Kier alpha value is -4.34. The van der Waals surface area contributed by atoms with Crippen LogP contribution in [0.5, 0.6) is 0 Å². The molecule has 2 aliphatic rings. The number of carbonyl (C=O) groups excluding carboxylic acids is 1. The van der Waals surface area contributed by atoms with Gasteiger partial charge in [-0.2, -0.15) is 4.98 Å². The maximum Gasteiger partial charge on any atom is 0.272 e. The van der Waals surface area contributed by atoms with Crippen LogP contribution in [-0.4, -0.2) is 85.4 Å². The number of fused-ring (bicyclic) bond motifs is 2. The van der Waals surface area contributed by atoms with E-state index >= 15 is 0 Å². The number of thiophene rings is 1. The standard InChI is InChI=1S/C31H34N8O5S2/c1-36(2)30(42)23-14-18-16-32-31(35-28(18)39(23)19-6-4-5-7-19)34-22-9-8-21(33-29(22)41)20-17-45-27-24(40)15-25(44-26(20)27)37-10-12-38(13-11-37)46(3)43/h8-9,14-17,19H,4-7,10-13H2,1-3H3,(H,33,41)(H,32,34,35)/t46-/m1/s1. The van der Waals surface area contributed by atoms with Gasteiger partial charge in [0.15, 0.2) is 11.5 Å². The zero-order valence-corrected chi connectivity index (χ0v) is 27.4. The quantitative estimate of drug-likeness (QED) is 0.264. The van der Waals surface area contributed by atoms with Gasteiger partial charge in [0, 0.05) is 75.6 Å². The normalized spacial score (nSPS) is 16.8. The molecule has 1 saturated carbocycles. The molecule has 0 unspecified atom stereocenters. The first-order chi connectivity index (χ1) is 22.2. The Balaban J connectivity index is 1.18. The zero-order chi connectivity index (χ0) is 32.1. The monoisotopic (exact) mass is 662 g/mol. The highest BCUT2D eigenvalue weighted by Gasteiger charge is 2.27. The first-order valence-electron chi connectivity index (χ1n) is 15.2. The van der Waals surface area contributed by atoms with Gasteiger partial charge in [0.2, 0.25) is 11.4 Å². The van der Waals surface area contributed by atoms with Gasteiger partial charge in [0.05, 0.1) is 22.2 Å². The molecule has 1 atom stereocenters. The number of hydrogen-bond donors (Lipinski definition) is 2. The van der Waals surface area contributed by atoms with E-state index < -0.39 is 16.5 Å². The lowest BCUT2D eigenvalue weighted by Crippen LogP contribution is -2.46. The van der Waals surface area contributed by atoms with E-state index in [1.807, 2.05) is 19.8 Å². The van der Waals surface area contributed by atoms with E-state index in [9.17, 15) is 18.6 Å². The highest BCUT2D eigenvalue weighted by molar-refractivity contribution is 7.81. The molecule has 240 valence electrons. The number of amides is 1. The number of anilines is 3. The molecular formula is C31H34N8O5S2. The molecule has 2 N–H and O–H groups in total. The van der Waals surface area contributed by atoms with Crippen molar-refractivity contribution in [2.24, 2.45) is 0 Å². The molecule has 0 spiro atoms. The van der Waals surface area contributed by atoms with Crippen LogP contribution in [0.4, 0.5) is 17.5 Å². The summed E-state index contributed by atoms with van der Waals surface area (Å²) in [5.41, 5.74) is 2.47. The molecule has 5 aromatic heterocycles. The Labute approximate surface area is 270 Å². The zero-order valence-electron chi connectivity index (χ0n) is 25.7. The van der Waals surface area contributed by atoms with Gasteiger partial charge in [-0.25, -0.2) is 13.5 Å². The number of carbonyl (C=O) groups is 1. The molecule has 1 saturated heterocycles. The number of nitrogens with one attached hydrogen (secondary N) is 2. The van der Waals surface area contributed by atoms with Crippen molar-refractivity contribution in [2.75, 3.05) is 56.7 Å². The third-order valence-electron chi connectivity index (χ3n) is 8.68. The largest absolute Gasteiger partial charge is 0.439 e. The molecule has 5 aromatic rings. The predicted octanol–water partition coefficient (Wildman–Crippen LogP) is 3.93. The van der Waals surface area contributed by atoms with E-state index in [1.54, 1.807) is 49.0 Å². The third kappa shape index (κ3) is 5.52. The fourth-order valence-electron chi connectivity index (χ4n) is 6.28. The molecule has 2 fully saturated rings. The van der Waals surface area contributed by atoms with Crippen LogP contribution in [0.25, 0.3) is 32.6 Å². The van der Waals surface area contributed by atoms with Gasteiger partial charge in [-0.15, -0.1) is 11.3 Å². The minimum atomic E-state index is -1.05. The van der Waals surface area contributed by atoms with E-state index in [0.29, 0.717) is 64.9 Å². The fourth-order valence-corrected chi connectivity index (χ4v) is 7.86. The summed E-state index contributed by atoms with van der Waals surface area (Å²) in [7, 11) is 2.42. The first-order valence-corrected chi connectivity index (χ1v) is 17.6. The van der Waals surface area contributed by atoms with E-state index in [0.717, 1.165) is 31.1 Å². The van der Waals surface area contributed by atoms with Gasteiger partial charge >= 0.3 is 0 Å². The molecule has 0 bridgehead atoms. The molecule has 46 heavy (non-hydrogen) atoms. The molecule has 6 heterocycles. The summed E-state index contributed by atoms with van der Waals surface area (Å²) in [5, 5.41) is 5.61. The molecular weight excluding hydrogens is 629 g/mol. The number of aromatic nitrogens is 4. The third-order valence-corrected chi connectivity index (χ3v) is 10.7. The van der Waals surface area contributed by atoms with Gasteiger partial charge < -0.3 is 29.1 Å². The lowest BCUT2D eigenvalue weighted by molar-refractivity contribution is 0.0815. The van der Waals surface area contributed by atoms with Crippen LogP contribution in [-0.2, 0) is 11.0 Å². The maximum atomic E-state index is 13.3. The highest BCUT2D eigenvalue weighted by Crippen LogP contribution is 2.36. The fraction of sp³-hybridized carbons (Fsp3) is 0.387. The summed E-state index contributed by atoms with van der Waals surface area (Å²) in [5.74, 6) is 0.604. The summed E-state index contributed by atoms with van der Waals surface area (Å²) in [6.07, 6.45) is 7.48. The minimum Gasteiger partial charge on any atom is -0.439 e. The molecule has 1 aliphatic carbocycles. The summed E-state index contributed by atoms with van der Waals surface area (Å²) >= 11 is 1.27. The van der Waals surface area contributed by atoms with Crippen LogP contribution in [0.3, 0.4) is 0 Å². The topological polar surface area (TPSA) is 150 Å². The summed E-state index contributed by atoms with van der Waals surface area (Å²) in [4.78, 5) is 55.0. The minimum absolute atomic E-state index is 0.0906. The average molecular weight is 663 g/mol. The number of hydrogen-bond acceptors (Lipinski definition) is 10. The van der Waals surface area contributed by atoms with Crippen molar-refractivity contribution in [3.05, 3.63) is 62.1 Å². The number of H-pyrrole nitrogens is 1. The van der Waals surface area contributed by atoms with E-state index in [4.69, 9.17) is 9.40 Å². The number of rotatable bonds is 7. The number of aromatic amines is 1. The predicted molar refractivity (Wildman–Crippen MR) is 181 cm³/mol. The Bertz CT molecular complexity index is 2100. The van der Waals surface area contributed by atoms with Crippen molar-refractivity contribution in [1.82, 2.24) is 28.7 Å². The number of nitrogens with zero attached hydrogens (tertiary/aromatic N) is 6. The molecule has 0 radical (unpaired) electrons. The van der Waals surface area contributed by atoms with Crippen molar-refractivity contribution >= 4 is 67.1 Å². The second-order valence-electron chi connectivity index (χ2n) is 11.8. The Kier molecular flexibility index (Phi) is 7.98. The Morgan fingerprint density at radius 1 is 1.13 bits per heavy atom. The van der Waals surface area contributed by atoms with Crippen molar-refractivity contribution in [1.29, 1.82) is 0 Å². The molecule has 15 heteroatoms. The smallest absolute Gasteiger partial charge is 0.272 e. The number of pyridine rings is 1. The lowest BCUT2D eigenvalue weighted by atomic mass is 10.2. The van der Waals surface area contributed by atoms with Gasteiger partial charge in [-0.1, -0.05) is 12.8 Å². The maximum absolute atomic E-state index is 13.3. The average Bonchev–Trinajstić information content (AvgIpc) is 3.80. The molecule has 0 aromatic carbocycles. The summed E-state index contributed by atoms with van der Waals surface area (Å²) in [6, 6.07) is 6.91. The molecule has 13 nitrogen and oxygen atoms in total. The molecule has 7 rings (SSSR count). The SMILES string of the molecule is CN(C)C(=O)c1cc2cnc(Nc3ccc(-c4csc5c(=O)cc(N6CCN([S@@](C)=O)CC6)oc45)[nH]c3=O)nc2n1C1CCCC1. The Morgan fingerprint density at radius 2 is 1.89 bits per heavy atom. The van der Waals surface area contributed by atoms with Crippen molar-refractivity contribution in [2.45, 2.75) is 31.7 Å². The van der Waals surface area contributed by atoms with E-state index in [2.05, 4.69) is 15.3 Å². The van der Waals surface area contributed by atoms with Crippen LogP contribution in [0.2, 0.25) is 0 Å². The van der Waals surface area contributed by atoms with Crippen molar-refractivity contribution < 1.29 is 13.4 Å². The van der Waals surface area contributed by atoms with Crippen LogP contribution in [0.1, 0.15) is 42.2 Å². The van der Waals surface area contributed by atoms with E-state index in [-0.39, 0.29) is 29.0 Å². The first kappa shape index (κ1) is 30.3. The summed E-state index contributed by atoms with van der Waals surface area (Å²) < 4.78 is 22.5. The van der Waals surface area contributed by atoms with Crippen LogP contribution >= 0.6 is 11.3 Å². The molecule has 1 amide bonds. The second-order valence-corrected chi connectivity index (χ2v) is 14.1. The van der Waals surface area contributed by atoms with Gasteiger partial charge in [-0.05, 0) is 31.0 Å². The highest BCUT2D eigenvalue weighted by atomic mass is 32.2. The van der Waals surface area contributed by atoms with Gasteiger partial charge in [0.1, 0.15) is 21.7 Å².